The molecular weight excluding hydrogens is 396 g/mol. The zero-order valence-electron chi connectivity index (χ0n) is 15.0. The van der Waals surface area contributed by atoms with Crippen molar-refractivity contribution >= 4 is 28.1 Å². The van der Waals surface area contributed by atoms with Crippen molar-refractivity contribution in [2.45, 2.75) is 26.2 Å². The van der Waals surface area contributed by atoms with Gasteiger partial charge in [0.05, 0.1) is 13.3 Å². The number of nitrogens with zero attached hydrogens (tertiary/aromatic N) is 1. The van der Waals surface area contributed by atoms with Crippen LogP contribution in [0.3, 0.4) is 0 Å². The van der Waals surface area contributed by atoms with Crippen LogP contribution in [0, 0.1) is 0 Å². The average molecular weight is 419 g/mol. The van der Waals surface area contributed by atoms with Crippen molar-refractivity contribution < 1.29 is 14.3 Å². The number of rotatable bonds is 9. The average Bonchev–Trinajstić information content (AvgIpc) is 2.66. The number of nitrogens with one attached hydrogen (secondary N) is 1. The lowest BCUT2D eigenvalue weighted by Gasteiger charge is -2.07. The second kappa shape index (κ2) is 10.6. The second-order valence-corrected chi connectivity index (χ2v) is 6.63. The lowest BCUT2D eigenvalue weighted by Crippen LogP contribution is -2.24. The van der Waals surface area contributed by atoms with E-state index in [1.165, 1.54) is 24.6 Å². The summed E-state index contributed by atoms with van der Waals surface area (Å²) in [7, 11) is 1.58. The Kier molecular flexibility index (Phi) is 8.15. The summed E-state index contributed by atoms with van der Waals surface area (Å²) in [6, 6.07) is 13.4. The summed E-state index contributed by atoms with van der Waals surface area (Å²) in [6.07, 6.45) is 4.93. The van der Waals surface area contributed by atoms with Gasteiger partial charge >= 0.3 is 0 Å². The number of carbonyl (C=O) groups excluding carboxylic acids is 1. The third-order valence-electron chi connectivity index (χ3n) is 3.70. The van der Waals surface area contributed by atoms with Crippen LogP contribution in [0.2, 0.25) is 0 Å². The number of halogens is 1. The fourth-order valence-electron chi connectivity index (χ4n) is 2.29. The van der Waals surface area contributed by atoms with E-state index in [1.807, 2.05) is 42.5 Å². The molecule has 0 saturated carbocycles. The molecule has 0 spiro atoms. The molecule has 0 aliphatic rings. The largest absolute Gasteiger partial charge is 0.496 e. The van der Waals surface area contributed by atoms with E-state index in [-0.39, 0.29) is 12.5 Å². The third kappa shape index (κ3) is 6.52. The number of amides is 1. The number of hydrogen-bond donors (Lipinski definition) is 1. The van der Waals surface area contributed by atoms with E-state index in [0.29, 0.717) is 11.5 Å². The van der Waals surface area contributed by atoms with Gasteiger partial charge in [-0.15, -0.1) is 0 Å². The van der Waals surface area contributed by atoms with E-state index in [9.17, 15) is 4.79 Å². The molecule has 0 unspecified atom stereocenters. The maximum atomic E-state index is 11.8. The molecule has 0 heterocycles. The number of benzene rings is 2. The van der Waals surface area contributed by atoms with Crippen LogP contribution in [0.25, 0.3) is 0 Å². The summed E-state index contributed by atoms with van der Waals surface area (Å²) >= 11 is 3.39. The van der Waals surface area contributed by atoms with E-state index in [2.05, 4.69) is 33.4 Å². The Morgan fingerprint density at radius 2 is 2.00 bits per heavy atom. The molecule has 0 fully saturated rings. The molecule has 0 radical (unpaired) electrons. The summed E-state index contributed by atoms with van der Waals surface area (Å²) in [6.45, 7) is 2.08. The third-order valence-corrected chi connectivity index (χ3v) is 4.19. The minimum atomic E-state index is -0.328. The predicted octanol–water partition coefficient (Wildman–Crippen LogP) is 4.33. The first-order valence-corrected chi connectivity index (χ1v) is 9.29. The van der Waals surface area contributed by atoms with Gasteiger partial charge in [-0.2, -0.15) is 5.10 Å². The van der Waals surface area contributed by atoms with E-state index >= 15 is 0 Å². The lowest BCUT2D eigenvalue weighted by molar-refractivity contribution is -0.123. The summed E-state index contributed by atoms with van der Waals surface area (Å²) in [4.78, 5) is 11.8. The van der Waals surface area contributed by atoms with Crippen molar-refractivity contribution in [2.24, 2.45) is 5.10 Å². The molecule has 1 amide bonds. The normalized spacial score (nSPS) is 10.7. The summed E-state index contributed by atoms with van der Waals surface area (Å²) in [5, 5.41) is 3.95. The Bertz CT molecular complexity index is 745. The first kappa shape index (κ1) is 20.0. The van der Waals surface area contributed by atoms with Crippen LogP contribution in [-0.4, -0.2) is 25.8 Å². The Labute approximate surface area is 162 Å². The second-order valence-electron chi connectivity index (χ2n) is 5.72. The molecule has 2 aromatic rings. The van der Waals surface area contributed by atoms with Crippen LogP contribution in [0.1, 0.15) is 30.9 Å². The van der Waals surface area contributed by atoms with Crippen LogP contribution in [0.15, 0.2) is 52.0 Å². The van der Waals surface area contributed by atoms with Gasteiger partial charge in [0, 0.05) is 10.0 Å². The Hall–Kier alpha value is -2.34. The molecule has 2 rings (SSSR count). The molecule has 0 saturated heterocycles. The molecule has 6 heteroatoms. The van der Waals surface area contributed by atoms with E-state index in [0.717, 1.165) is 16.5 Å². The summed E-state index contributed by atoms with van der Waals surface area (Å²) in [5.41, 5.74) is 4.48. The zero-order chi connectivity index (χ0) is 18.8. The van der Waals surface area contributed by atoms with Crippen molar-refractivity contribution in [2.75, 3.05) is 13.7 Å². The van der Waals surface area contributed by atoms with Crippen LogP contribution >= 0.6 is 15.9 Å². The van der Waals surface area contributed by atoms with Crippen LogP contribution in [-0.2, 0) is 11.2 Å². The molecule has 2 aromatic carbocycles. The molecule has 0 atom stereocenters. The quantitative estimate of drug-likeness (QED) is 0.486. The molecule has 1 N–H and O–H groups in total. The number of hydrogen-bond acceptors (Lipinski definition) is 4. The molecule has 138 valence electrons. The fraction of sp³-hybridized carbons (Fsp3) is 0.300. The van der Waals surface area contributed by atoms with E-state index < -0.39 is 0 Å². The predicted molar refractivity (Wildman–Crippen MR) is 107 cm³/mol. The van der Waals surface area contributed by atoms with Crippen LogP contribution in [0.4, 0.5) is 0 Å². The molecule has 26 heavy (non-hydrogen) atoms. The number of hydrazone groups is 1. The van der Waals surface area contributed by atoms with Gasteiger partial charge < -0.3 is 9.47 Å². The lowest BCUT2D eigenvalue weighted by atomic mass is 10.1. The molecule has 0 bridgehead atoms. The number of unbranched alkanes of at least 4 members (excludes halogenated alkanes) is 1. The van der Waals surface area contributed by atoms with Gasteiger partial charge in [0.2, 0.25) is 0 Å². The minimum Gasteiger partial charge on any atom is -0.496 e. The monoisotopic (exact) mass is 418 g/mol. The molecule has 0 aliphatic carbocycles. The zero-order valence-corrected chi connectivity index (χ0v) is 16.6. The SMILES string of the molecule is CCCCc1ccc(OCC(=O)N/N=C/c2cc(Br)ccc2OC)cc1. The number of aryl methyl sites for hydroxylation is 1. The summed E-state index contributed by atoms with van der Waals surface area (Å²) < 4.78 is 11.6. The van der Waals surface area contributed by atoms with E-state index in [4.69, 9.17) is 9.47 Å². The van der Waals surface area contributed by atoms with Crippen LogP contribution in [0.5, 0.6) is 11.5 Å². The number of methoxy groups -OCH3 is 1. The highest BCUT2D eigenvalue weighted by Crippen LogP contribution is 2.21. The first-order valence-electron chi connectivity index (χ1n) is 8.49. The van der Waals surface area contributed by atoms with Gasteiger partial charge in [0.15, 0.2) is 6.61 Å². The molecule has 0 aromatic heterocycles. The fourth-order valence-corrected chi connectivity index (χ4v) is 2.67. The smallest absolute Gasteiger partial charge is 0.277 e. The highest BCUT2D eigenvalue weighted by molar-refractivity contribution is 9.10. The van der Waals surface area contributed by atoms with Gasteiger partial charge in [0.1, 0.15) is 11.5 Å². The van der Waals surface area contributed by atoms with E-state index in [1.54, 1.807) is 7.11 Å². The number of ether oxygens (including phenoxy) is 2. The first-order chi connectivity index (χ1) is 12.6. The van der Waals surface area contributed by atoms with Crippen molar-refractivity contribution in [3.8, 4) is 11.5 Å². The maximum absolute atomic E-state index is 11.8. The van der Waals surface area contributed by atoms with Gasteiger partial charge in [-0.25, -0.2) is 5.43 Å². The van der Waals surface area contributed by atoms with Crippen molar-refractivity contribution in [3.63, 3.8) is 0 Å². The maximum Gasteiger partial charge on any atom is 0.277 e. The summed E-state index contributed by atoms with van der Waals surface area (Å²) in [5.74, 6) is 1.01. The van der Waals surface area contributed by atoms with Gasteiger partial charge in [-0.3, -0.25) is 4.79 Å². The van der Waals surface area contributed by atoms with Gasteiger partial charge in [-0.05, 0) is 48.7 Å². The Morgan fingerprint density at radius 1 is 1.23 bits per heavy atom. The van der Waals surface area contributed by atoms with Crippen molar-refractivity contribution in [1.29, 1.82) is 0 Å². The number of carbonyl (C=O) groups is 1. The standard InChI is InChI=1S/C20H23BrN2O3/c1-3-4-5-15-6-9-18(10-7-15)26-14-20(24)23-22-13-16-12-17(21)8-11-19(16)25-2/h6-13H,3-5,14H2,1-2H3,(H,23,24)/b22-13+. The van der Waals surface area contributed by atoms with Crippen molar-refractivity contribution in [1.82, 2.24) is 5.43 Å². The molecule has 0 aliphatic heterocycles. The van der Waals surface area contributed by atoms with Gasteiger partial charge in [-0.1, -0.05) is 41.4 Å². The topological polar surface area (TPSA) is 59.9 Å². The Morgan fingerprint density at radius 3 is 2.69 bits per heavy atom. The minimum absolute atomic E-state index is 0.0960. The highest BCUT2D eigenvalue weighted by atomic mass is 79.9. The molecule has 5 nitrogen and oxygen atoms in total. The highest BCUT2D eigenvalue weighted by Gasteiger charge is 2.03. The van der Waals surface area contributed by atoms with Crippen molar-refractivity contribution in [3.05, 3.63) is 58.1 Å². The molecular formula is C20H23BrN2O3. The van der Waals surface area contributed by atoms with Gasteiger partial charge in [0.25, 0.3) is 5.91 Å². The van der Waals surface area contributed by atoms with Crippen LogP contribution < -0.4 is 14.9 Å². The Balaban J connectivity index is 1.81.